The van der Waals surface area contributed by atoms with Gasteiger partial charge in [-0.1, -0.05) is 12.2 Å². The number of nitrogens with zero attached hydrogens (tertiary/aromatic N) is 2. The molecule has 1 aromatic carbocycles. The van der Waals surface area contributed by atoms with Crippen molar-refractivity contribution in [3.63, 3.8) is 0 Å². The first kappa shape index (κ1) is 39.6. The van der Waals surface area contributed by atoms with Gasteiger partial charge in [0, 0.05) is 24.4 Å². The molecule has 6 rings (SSSR count). The van der Waals surface area contributed by atoms with E-state index in [4.69, 9.17) is 18.9 Å². The molecule has 2 aromatic rings. The molecule has 2 aliphatic carbocycles. The second-order valence-electron chi connectivity index (χ2n) is 16.7. The summed E-state index contributed by atoms with van der Waals surface area (Å²) >= 11 is 0. The van der Waals surface area contributed by atoms with Crippen molar-refractivity contribution in [3.05, 3.63) is 42.6 Å². The minimum Gasteiger partial charge on any atom is -0.497 e. The zero-order valence-corrected chi connectivity index (χ0v) is 33.1. The normalized spacial score (nSPS) is 30.6. The molecule has 0 radical (unpaired) electrons. The maximum absolute atomic E-state index is 14.7. The summed E-state index contributed by atoms with van der Waals surface area (Å²) in [7, 11) is -2.38. The second kappa shape index (κ2) is 14.9. The number of ether oxygens (including phenoxy) is 4. The molecule has 3 heterocycles. The molecule has 0 bridgehead atoms. The van der Waals surface area contributed by atoms with Crippen LogP contribution in [-0.2, 0) is 38.7 Å². The van der Waals surface area contributed by atoms with Gasteiger partial charge >= 0.3 is 5.97 Å². The number of amides is 2. The third-order valence-corrected chi connectivity index (χ3v) is 13.4. The van der Waals surface area contributed by atoms with Gasteiger partial charge in [-0.2, -0.15) is 0 Å². The molecule has 54 heavy (non-hydrogen) atoms. The van der Waals surface area contributed by atoms with E-state index in [0.29, 0.717) is 49.1 Å². The largest absolute Gasteiger partial charge is 0.497 e. The van der Waals surface area contributed by atoms with Crippen LogP contribution >= 0.6 is 0 Å². The van der Waals surface area contributed by atoms with E-state index in [9.17, 15) is 27.6 Å². The first-order valence-corrected chi connectivity index (χ1v) is 20.4. The Morgan fingerprint density at radius 3 is 2.56 bits per heavy atom. The van der Waals surface area contributed by atoms with E-state index in [-0.39, 0.29) is 43.6 Å². The van der Waals surface area contributed by atoms with E-state index in [2.05, 4.69) is 9.71 Å². The highest BCUT2D eigenvalue weighted by Crippen LogP contribution is 2.57. The molecule has 7 atom stereocenters. The topological polar surface area (TPSA) is 168 Å². The fraction of sp³-hybridized carbons (Fsp3) is 0.625. The summed E-state index contributed by atoms with van der Waals surface area (Å²) in [6.07, 6.45) is 5.71. The minimum atomic E-state index is -3.96. The van der Waals surface area contributed by atoms with Gasteiger partial charge in [0.15, 0.2) is 5.78 Å². The number of carbonyl (C=O) groups is 4. The average Bonchev–Trinajstić information content (AvgIpc) is 3.97. The summed E-state index contributed by atoms with van der Waals surface area (Å²) in [4.78, 5) is 62.4. The lowest BCUT2D eigenvalue weighted by Crippen LogP contribution is -2.49. The minimum absolute atomic E-state index is 0.00577. The van der Waals surface area contributed by atoms with Crippen molar-refractivity contribution in [1.29, 1.82) is 0 Å². The fourth-order valence-electron chi connectivity index (χ4n) is 7.64. The Labute approximate surface area is 317 Å². The molecule has 1 saturated heterocycles. The van der Waals surface area contributed by atoms with E-state index >= 15 is 0 Å². The highest BCUT2D eigenvalue weighted by atomic mass is 32.2. The Morgan fingerprint density at radius 2 is 1.87 bits per heavy atom. The first-order chi connectivity index (χ1) is 25.3. The van der Waals surface area contributed by atoms with Gasteiger partial charge in [-0.15, -0.1) is 0 Å². The molecule has 1 aromatic heterocycles. The van der Waals surface area contributed by atoms with Crippen LogP contribution in [0.5, 0.6) is 11.6 Å². The molecule has 3 fully saturated rings. The van der Waals surface area contributed by atoms with Crippen LogP contribution in [0, 0.1) is 17.3 Å². The molecule has 2 saturated carbocycles. The number of pyridine rings is 1. The lowest BCUT2D eigenvalue weighted by Gasteiger charge is -2.32. The van der Waals surface area contributed by atoms with Crippen LogP contribution < -0.4 is 14.2 Å². The van der Waals surface area contributed by atoms with Crippen molar-refractivity contribution in [2.45, 2.75) is 128 Å². The first-order valence-electron chi connectivity index (χ1n) is 18.9. The number of hydrogen-bond donors (Lipinski definition) is 1. The summed E-state index contributed by atoms with van der Waals surface area (Å²) in [6, 6.07) is 6.28. The second-order valence-corrected chi connectivity index (χ2v) is 18.9. The number of Topliss-reactive ketones (excluding diaryl/α,β-unsaturated/α-hetero) is 1. The maximum atomic E-state index is 14.7. The van der Waals surface area contributed by atoms with Gasteiger partial charge in [0.1, 0.15) is 17.5 Å². The van der Waals surface area contributed by atoms with Gasteiger partial charge in [0.25, 0.3) is 0 Å². The van der Waals surface area contributed by atoms with Crippen molar-refractivity contribution in [3.8, 4) is 11.6 Å². The quantitative estimate of drug-likeness (QED) is 0.282. The highest BCUT2D eigenvalue weighted by molar-refractivity contribution is 7.91. The zero-order valence-electron chi connectivity index (χ0n) is 32.3. The number of ketones is 1. The number of methoxy groups -OCH3 is 1. The number of aromatic nitrogens is 1. The Balaban J connectivity index is 1.35. The van der Waals surface area contributed by atoms with Crippen molar-refractivity contribution < 1.29 is 46.5 Å². The van der Waals surface area contributed by atoms with Gasteiger partial charge in [0.2, 0.25) is 27.7 Å². The van der Waals surface area contributed by atoms with Crippen molar-refractivity contribution in [1.82, 2.24) is 14.6 Å². The van der Waals surface area contributed by atoms with E-state index in [0.717, 1.165) is 5.39 Å². The SMILES string of the molecule is COc1ccc2c(O[C@@H]3C[C@H]4C(=O)C[C@]5(C(=O)NS(=O)(=O)C6(C)CC6)C[C@H]5/C=C\CC[C@@H](C)O[C@@H](C)[C@H](CC(=O)OC(C)(C)C)C(=O)N4C3)nccc2c1. The summed E-state index contributed by atoms with van der Waals surface area (Å²) < 4.78 is 51.5. The molecule has 0 spiro atoms. The van der Waals surface area contributed by atoms with E-state index in [1.807, 2.05) is 37.3 Å². The van der Waals surface area contributed by atoms with Crippen LogP contribution in [0.3, 0.4) is 0 Å². The van der Waals surface area contributed by atoms with E-state index in [1.165, 1.54) is 4.90 Å². The maximum Gasteiger partial charge on any atom is 0.307 e. The van der Waals surface area contributed by atoms with Crippen molar-refractivity contribution in [2.75, 3.05) is 13.7 Å². The van der Waals surface area contributed by atoms with Gasteiger partial charge in [-0.05, 0) is 109 Å². The van der Waals surface area contributed by atoms with Gasteiger partial charge < -0.3 is 23.8 Å². The monoisotopic (exact) mass is 767 g/mol. The number of nitrogens with one attached hydrogen (secondary N) is 1. The lowest BCUT2D eigenvalue weighted by molar-refractivity contribution is -0.163. The van der Waals surface area contributed by atoms with Crippen LogP contribution in [0.15, 0.2) is 42.6 Å². The summed E-state index contributed by atoms with van der Waals surface area (Å²) in [5.41, 5.74) is -2.08. The van der Waals surface area contributed by atoms with Crippen LogP contribution in [0.25, 0.3) is 10.8 Å². The number of rotatable bonds is 8. The molecular weight excluding hydrogens is 715 g/mol. The van der Waals surface area contributed by atoms with E-state index < -0.39 is 67.7 Å². The molecule has 2 aliphatic heterocycles. The number of benzene rings is 1. The van der Waals surface area contributed by atoms with Crippen molar-refractivity contribution in [2.24, 2.45) is 17.3 Å². The van der Waals surface area contributed by atoms with Gasteiger partial charge in [0.05, 0.1) is 54.4 Å². The number of carbonyl (C=O) groups excluding carboxylic acids is 4. The molecule has 13 nitrogen and oxygen atoms in total. The molecule has 294 valence electrons. The molecule has 14 heteroatoms. The van der Waals surface area contributed by atoms with Gasteiger partial charge in [-0.25, -0.2) is 13.4 Å². The van der Waals surface area contributed by atoms with Crippen molar-refractivity contribution >= 4 is 44.4 Å². The summed E-state index contributed by atoms with van der Waals surface area (Å²) in [6.45, 7) is 10.5. The lowest BCUT2D eigenvalue weighted by atomic mass is 9.90. The third-order valence-electron chi connectivity index (χ3n) is 11.3. The Hall–Kier alpha value is -4.04. The number of hydrogen-bond acceptors (Lipinski definition) is 11. The predicted octanol–water partition coefficient (Wildman–Crippen LogP) is 5.05. The molecule has 2 amide bonds. The smallest absolute Gasteiger partial charge is 0.307 e. The zero-order chi connectivity index (χ0) is 39.2. The Morgan fingerprint density at radius 1 is 1.13 bits per heavy atom. The molecular formula is C40H53N3O10S. The molecule has 4 aliphatic rings. The number of allylic oxidation sites excluding steroid dienone is 2. The summed E-state index contributed by atoms with van der Waals surface area (Å²) in [5, 5.41) is 1.54. The molecule has 1 N–H and O–H groups in total. The number of esters is 1. The van der Waals surface area contributed by atoms with Crippen LogP contribution in [-0.4, -0.2) is 90.2 Å². The van der Waals surface area contributed by atoms with Crippen LogP contribution in [0.1, 0.15) is 92.9 Å². The third kappa shape index (κ3) is 8.44. The molecule has 0 unspecified atom stereocenters. The fourth-order valence-corrected chi connectivity index (χ4v) is 8.97. The van der Waals surface area contributed by atoms with Crippen LogP contribution in [0.2, 0.25) is 0 Å². The predicted molar refractivity (Wildman–Crippen MR) is 200 cm³/mol. The summed E-state index contributed by atoms with van der Waals surface area (Å²) in [5.74, 6) is -2.50. The standard InChI is InChI=1S/C40H53N3O10S/c1-24-10-8-9-11-27-21-40(27,37(47)42-54(48,49)39(6)15-16-39)22-33(44)32-19-29(52-35-30-13-12-28(50-7)18-26(30)14-17-41-35)23-43(32)36(46)31(25(2)51-24)20-34(45)53-38(3,4)5/h9,11-14,17-18,24-25,27,29,31-32H,8,10,15-16,19-23H2,1-7H3,(H,42,47)/b11-9-/t24-,25+,27-,29-,31+,32+,40-/m1/s1. The highest BCUT2D eigenvalue weighted by Gasteiger charge is 2.62. The van der Waals surface area contributed by atoms with Crippen LogP contribution in [0.4, 0.5) is 0 Å². The van der Waals surface area contributed by atoms with Gasteiger partial charge in [-0.3, -0.25) is 23.9 Å². The van der Waals surface area contributed by atoms with E-state index in [1.54, 1.807) is 54.0 Å². The Bertz CT molecular complexity index is 1940. The average molecular weight is 768 g/mol. The number of fused-ring (bicyclic) bond motifs is 3. The number of sulfonamides is 1. The Kier molecular flexibility index (Phi) is 10.9.